The van der Waals surface area contributed by atoms with Crippen molar-refractivity contribution in [3.8, 4) is 0 Å². The number of rotatable bonds is 5. The molecule has 0 amide bonds. The molecule has 3 heteroatoms. The van der Waals surface area contributed by atoms with E-state index >= 15 is 0 Å². The van der Waals surface area contributed by atoms with Crippen LogP contribution in [0.4, 0.5) is 0 Å². The van der Waals surface area contributed by atoms with Gasteiger partial charge in [0.25, 0.3) is 0 Å². The first kappa shape index (κ1) is 16.3. The molecule has 1 heterocycles. The normalized spacial score (nSPS) is 37.0. The van der Waals surface area contributed by atoms with Crippen molar-refractivity contribution in [3.05, 3.63) is 0 Å². The fourth-order valence-corrected chi connectivity index (χ4v) is 4.03. The van der Waals surface area contributed by atoms with Gasteiger partial charge in [0, 0.05) is 24.7 Å². The van der Waals surface area contributed by atoms with Crippen LogP contribution in [0.3, 0.4) is 0 Å². The summed E-state index contributed by atoms with van der Waals surface area (Å²) in [5.74, 6) is 2.53. The first-order valence-electron chi connectivity index (χ1n) is 8.63. The Balaban J connectivity index is 1.82. The van der Waals surface area contributed by atoms with E-state index in [9.17, 15) is 0 Å². The first-order valence-corrected chi connectivity index (χ1v) is 8.63. The zero-order valence-corrected chi connectivity index (χ0v) is 13.8. The van der Waals surface area contributed by atoms with E-state index in [-0.39, 0.29) is 0 Å². The van der Waals surface area contributed by atoms with Gasteiger partial charge < -0.3 is 15.4 Å². The topological polar surface area (TPSA) is 33.3 Å². The van der Waals surface area contributed by atoms with Crippen LogP contribution in [0, 0.1) is 17.8 Å². The summed E-state index contributed by atoms with van der Waals surface area (Å²) >= 11 is 0. The quantitative estimate of drug-likeness (QED) is 0.813. The van der Waals surface area contributed by atoms with Crippen molar-refractivity contribution in [3.63, 3.8) is 0 Å². The van der Waals surface area contributed by atoms with E-state index in [1.54, 1.807) is 0 Å². The largest absolute Gasteiger partial charge is 0.379 e. The SMILES string of the molecule is CC1CCC(C(C)C)C(NC(C)CC2COCCN2)C1. The van der Waals surface area contributed by atoms with Crippen LogP contribution in [0.15, 0.2) is 0 Å². The van der Waals surface area contributed by atoms with E-state index in [1.807, 2.05) is 0 Å². The zero-order chi connectivity index (χ0) is 14.5. The second-order valence-electron chi connectivity index (χ2n) is 7.46. The molecule has 3 nitrogen and oxygen atoms in total. The summed E-state index contributed by atoms with van der Waals surface area (Å²) in [6.45, 7) is 12.3. The third-order valence-corrected chi connectivity index (χ3v) is 5.16. The van der Waals surface area contributed by atoms with Gasteiger partial charge >= 0.3 is 0 Å². The van der Waals surface area contributed by atoms with Gasteiger partial charge in [-0.1, -0.05) is 27.2 Å². The Hall–Kier alpha value is -0.120. The number of morpholine rings is 1. The summed E-state index contributed by atoms with van der Waals surface area (Å²) in [6.07, 6.45) is 5.33. The monoisotopic (exact) mass is 282 g/mol. The second-order valence-corrected chi connectivity index (χ2v) is 7.46. The maximum atomic E-state index is 5.56. The molecule has 2 aliphatic rings. The molecule has 0 radical (unpaired) electrons. The van der Waals surface area contributed by atoms with Gasteiger partial charge in [-0.3, -0.25) is 0 Å². The second kappa shape index (κ2) is 7.77. The summed E-state index contributed by atoms with van der Waals surface area (Å²) in [5.41, 5.74) is 0. The Morgan fingerprint density at radius 1 is 1.25 bits per heavy atom. The van der Waals surface area contributed by atoms with Crippen LogP contribution in [0.25, 0.3) is 0 Å². The lowest BCUT2D eigenvalue weighted by atomic mass is 9.73. The molecule has 0 aromatic heterocycles. The van der Waals surface area contributed by atoms with Gasteiger partial charge in [-0.25, -0.2) is 0 Å². The number of nitrogens with one attached hydrogen (secondary N) is 2. The molecule has 1 aliphatic heterocycles. The molecule has 5 atom stereocenters. The van der Waals surface area contributed by atoms with Crippen LogP contribution in [0.5, 0.6) is 0 Å². The van der Waals surface area contributed by atoms with Crippen molar-refractivity contribution in [2.75, 3.05) is 19.8 Å². The van der Waals surface area contributed by atoms with Crippen LogP contribution >= 0.6 is 0 Å². The van der Waals surface area contributed by atoms with Crippen LogP contribution < -0.4 is 10.6 Å². The molecule has 0 aromatic carbocycles. The van der Waals surface area contributed by atoms with Crippen molar-refractivity contribution in [1.29, 1.82) is 0 Å². The van der Waals surface area contributed by atoms with Gasteiger partial charge in [0.05, 0.1) is 13.2 Å². The Bertz CT molecular complexity index is 276. The summed E-state index contributed by atoms with van der Waals surface area (Å²) < 4.78 is 5.56. The van der Waals surface area contributed by atoms with E-state index in [2.05, 4.69) is 38.3 Å². The molecule has 0 bridgehead atoms. The highest BCUT2D eigenvalue weighted by molar-refractivity contribution is 4.88. The molecule has 20 heavy (non-hydrogen) atoms. The number of hydrogen-bond acceptors (Lipinski definition) is 3. The van der Waals surface area contributed by atoms with Crippen LogP contribution in [-0.4, -0.2) is 37.9 Å². The van der Waals surface area contributed by atoms with Crippen molar-refractivity contribution >= 4 is 0 Å². The minimum absolute atomic E-state index is 0.532. The van der Waals surface area contributed by atoms with Gasteiger partial charge in [0.15, 0.2) is 0 Å². The number of ether oxygens (including phenoxy) is 1. The van der Waals surface area contributed by atoms with E-state index in [0.717, 1.165) is 37.5 Å². The highest BCUT2D eigenvalue weighted by Crippen LogP contribution is 2.33. The molecule has 0 aromatic rings. The molecule has 1 aliphatic carbocycles. The molecule has 1 saturated carbocycles. The standard InChI is InChI=1S/C17H34N2O/c1-12(2)16-6-5-13(3)9-17(16)19-14(4)10-15-11-20-8-7-18-15/h12-19H,5-11H2,1-4H3. The molecule has 2 rings (SSSR count). The highest BCUT2D eigenvalue weighted by atomic mass is 16.5. The lowest BCUT2D eigenvalue weighted by Crippen LogP contribution is -2.50. The molecule has 2 N–H and O–H groups in total. The molecule has 1 saturated heterocycles. The van der Waals surface area contributed by atoms with Gasteiger partial charge in [-0.15, -0.1) is 0 Å². The summed E-state index contributed by atoms with van der Waals surface area (Å²) in [4.78, 5) is 0. The smallest absolute Gasteiger partial charge is 0.0620 e. The van der Waals surface area contributed by atoms with Crippen molar-refractivity contribution in [1.82, 2.24) is 10.6 Å². The fourth-order valence-electron chi connectivity index (χ4n) is 4.03. The Morgan fingerprint density at radius 3 is 2.70 bits per heavy atom. The fraction of sp³-hybridized carbons (Fsp3) is 1.00. The average molecular weight is 282 g/mol. The van der Waals surface area contributed by atoms with E-state index < -0.39 is 0 Å². The Morgan fingerprint density at radius 2 is 2.05 bits per heavy atom. The highest BCUT2D eigenvalue weighted by Gasteiger charge is 2.31. The molecular weight excluding hydrogens is 248 g/mol. The zero-order valence-electron chi connectivity index (χ0n) is 13.8. The van der Waals surface area contributed by atoms with Crippen molar-refractivity contribution < 1.29 is 4.74 Å². The molecular formula is C17H34N2O. The van der Waals surface area contributed by atoms with Crippen molar-refractivity contribution in [2.24, 2.45) is 17.8 Å². The van der Waals surface area contributed by atoms with E-state index in [0.29, 0.717) is 18.1 Å². The van der Waals surface area contributed by atoms with E-state index in [1.165, 1.54) is 25.7 Å². The third-order valence-electron chi connectivity index (χ3n) is 5.16. The predicted molar refractivity (Wildman–Crippen MR) is 85.0 cm³/mol. The molecule has 2 fully saturated rings. The van der Waals surface area contributed by atoms with Gasteiger partial charge in [-0.05, 0) is 43.9 Å². The summed E-state index contributed by atoms with van der Waals surface area (Å²) in [5, 5.41) is 7.50. The summed E-state index contributed by atoms with van der Waals surface area (Å²) in [6, 6.07) is 1.81. The number of hydrogen-bond donors (Lipinski definition) is 2. The van der Waals surface area contributed by atoms with Gasteiger partial charge in [-0.2, -0.15) is 0 Å². The average Bonchev–Trinajstić information content (AvgIpc) is 2.39. The van der Waals surface area contributed by atoms with Crippen molar-refractivity contribution in [2.45, 2.75) is 71.5 Å². The Kier molecular flexibility index (Phi) is 6.31. The molecule has 0 spiro atoms. The maximum absolute atomic E-state index is 5.56. The summed E-state index contributed by atoms with van der Waals surface area (Å²) in [7, 11) is 0. The maximum Gasteiger partial charge on any atom is 0.0620 e. The molecule has 5 unspecified atom stereocenters. The van der Waals surface area contributed by atoms with Gasteiger partial charge in [0.2, 0.25) is 0 Å². The molecule has 118 valence electrons. The first-order chi connectivity index (χ1) is 9.56. The third kappa shape index (κ3) is 4.71. The van der Waals surface area contributed by atoms with Gasteiger partial charge in [0.1, 0.15) is 0 Å². The van der Waals surface area contributed by atoms with Crippen LogP contribution in [0.1, 0.15) is 53.4 Å². The lowest BCUT2D eigenvalue weighted by molar-refractivity contribution is 0.0686. The van der Waals surface area contributed by atoms with Crippen LogP contribution in [0.2, 0.25) is 0 Å². The van der Waals surface area contributed by atoms with Crippen LogP contribution in [-0.2, 0) is 4.74 Å². The minimum Gasteiger partial charge on any atom is -0.379 e. The van der Waals surface area contributed by atoms with E-state index in [4.69, 9.17) is 4.74 Å². The predicted octanol–water partition coefficient (Wildman–Crippen LogP) is 2.80. The lowest BCUT2D eigenvalue weighted by Gasteiger charge is -2.40. The Labute approximate surface area is 125 Å². The minimum atomic E-state index is 0.532.